The Kier molecular flexibility index (Phi) is 3.21. The van der Waals surface area contributed by atoms with Crippen molar-refractivity contribution >= 4 is 17.2 Å². The van der Waals surface area contributed by atoms with Crippen LogP contribution in [0.3, 0.4) is 0 Å². The van der Waals surface area contributed by atoms with Crippen LogP contribution in [0.25, 0.3) is 5.95 Å². The van der Waals surface area contributed by atoms with Crippen LogP contribution >= 0.6 is 0 Å². The molecule has 0 spiro atoms. The van der Waals surface area contributed by atoms with Crippen molar-refractivity contribution in [3.63, 3.8) is 0 Å². The molecule has 3 heterocycles. The third kappa shape index (κ3) is 2.81. The number of nitrogens with one attached hydrogen (secondary N) is 1. The summed E-state index contributed by atoms with van der Waals surface area (Å²) in [5.74, 6) is 0.927. The van der Waals surface area contributed by atoms with Crippen molar-refractivity contribution in [2.45, 2.75) is 0 Å². The van der Waals surface area contributed by atoms with E-state index >= 15 is 0 Å². The third-order valence-corrected chi connectivity index (χ3v) is 2.57. The van der Waals surface area contributed by atoms with Gasteiger partial charge in [0.2, 0.25) is 5.95 Å². The van der Waals surface area contributed by atoms with Crippen molar-refractivity contribution < 1.29 is 4.92 Å². The van der Waals surface area contributed by atoms with Crippen molar-refractivity contribution in [3.8, 4) is 5.95 Å². The quantitative estimate of drug-likeness (QED) is 0.573. The standard InChI is InChI=1S/C12H9N7O2/c20-19(21)10-2-3-11(15-7-10)17-9-6-16-18(8-9)12-13-4-1-5-14-12/h1-8H,(H,15,17). The first kappa shape index (κ1) is 12.7. The maximum absolute atomic E-state index is 10.5. The number of nitrogens with zero attached hydrogens (tertiary/aromatic N) is 6. The van der Waals surface area contributed by atoms with Gasteiger partial charge in [0.25, 0.3) is 5.69 Å². The zero-order chi connectivity index (χ0) is 14.7. The predicted octanol–water partition coefficient (Wildman–Crippen LogP) is 1.71. The maximum atomic E-state index is 10.5. The second kappa shape index (κ2) is 5.33. The second-order valence-corrected chi connectivity index (χ2v) is 4.01. The van der Waals surface area contributed by atoms with E-state index in [2.05, 4.69) is 25.4 Å². The van der Waals surface area contributed by atoms with Gasteiger partial charge in [0.1, 0.15) is 12.0 Å². The first-order valence-electron chi connectivity index (χ1n) is 5.92. The SMILES string of the molecule is O=[N+]([O-])c1ccc(Nc2cnn(-c3ncccn3)c2)nc1. The van der Waals surface area contributed by atoms with Gasteiger partial charge < -0.3 is 5.32 Å². The highest BCUT2D eigenvalue weighted by Crippen LogP contribution is 2.17. The molecule has 0 amide bonds. The molecule has 0 aliphatic carbocycles. The lowest BCUT2D eigenvalue weighted by Crippen LogP contribution is -1.99. The molecule has 0 fully saturated rings. The van der Waals surface area contributed by atoms with E-state index in [4.69, 9.17) is 0 Å². The Balaban J connectivity index is 1.77. The van der Waals surface area contributed by atoms with Gasteiger partial charge in [-0.3, -0.25) is 10.1 Å². The summed E-state index contributed by atoms with van der Waals surface area (Å²) in [6, 6.07) is 4.61. The molecule has 0 radical (unpaired) electrons. The Hall–Kier alpha value is -3.36. The first-order chi connectivity index (χ1) is 10.2. The van der Waals surface area contributed by atoms with Crippen LogP contribution in [-0.2, 0) is 0 Å². The molecule has 9 heteroatoms. The summed E-state index contributed by atoms with van der Waals surface area (Å²) >= 11 is 0. The fraction of sp³-hybridized carbons (Fsp3) is 0. The molecule has 21 heavy (non-hydrogen) atoms. The van der Waals surface area contributed by atoms with Gasteiger partial charge in [-0.2, -0.15) is 5.10 Å². The predicted molar refractivity (Wildman–Crippen MR) is 73.3 cm³/mol. The van der Waals surface area contributed by atoms with Crippen LogP contribution in [0.4, 0.5) is 17.2 Å². The first-order valence-corrected chi connectivity index (χ1v) is 5.92. The van der Waals surface area contributed by atoms with Crippen LogP contribution < -0.4 is 5.32 Å². The molecule has 0 aromatic carbocycles. The monoisotopic (exact) mass is 283 g/mol. The van der Waals surface area contributed by atoms with Crippen molar-refractivity contribution in [2.24, 2.45) is 0 Å². The fourth-order valence-electron chi connectivity index (χ4n) is 1.62. The van der Waals surface area contributed by atoms with Crippen LogP contribution in [0.1, 0.15) is 0 Å². The molecule has 104 valence electrons. The number of pyridine rings is 1. The highest BCUT2D eigenvalue weighted by atomic mass is 16.6. The maximum Gasteiger partial charge on any atom is 0.287 e. The molecule has 0 saturated heterocycles. The van der Waals surface area contributed by atoms with E-state index in [9.17, 15) is 10.1 Å². The minimum absolute atomic E-state index is 0.0612. The summed E-state index contributed by atoms with van der Waals surface area (Å²) in [6.07, 6.45) is 7.70. The van der Waals surface area contributed by atoms with Crippen molar-refractivity contribution in [1.29, 1.82) is 0 Å². The molecule has 0 aliphatic heterocycles. The van der Waals surface area contributed by atoms with Crippen molar-refractivity contribution in [2.75, 3.05) is 5.32 Å². The van der Waals surface area contributed by atoms with Crippen LogP contribution in [0.2, 0.25) is 0 Å². The Labute approximate surface area is 118 Å². The van der Waals surface area contributed by atoms with Crippen LogP contribution in [0, 0.1) is 10.1 Å². The van der Waals surface area contributed by atoms with E-state index in [1.807, 2.05) is 0 Å². The number of hydrogen-bond donors (Lipinski definition) is 1. The van der Waals surface area contributed by atoms with Crippen LogP contribution in [0.15, 0.2) is 49.2 Å². The van der Waals surface area contributed by atoms with Crippen LogP contribution in [-0.4, -0.2) is 29.7 Å². The average molecular weight is 283 g/mol. The molecule has 0 unspecified atom stereocenters. The molecule has 3 aromatic rings. The van der Waals surface area contributed by atoms with E-state index < -0.39 is 4.92 Å². The zero-order valence-corrected chi connectivity index (χ0v) is 10.6. The normalized spacial score (nSPS) is 10.3. The second-order valence-electron chi connectivity index (χ2n) is 4.01. The smallest absolute Gasteiger partial charge is 0.287 e. The van der Waals surface area contributed by atoms with Gasteiger partial charge in [-0.1, -0.05) is 0 Å². The Morgan fingerprint density at radius 2 is 1.95 bits per heavy atom. The minimum Gasteiger partial charge on any atom is -0.338 e. The van der Waals surface area contributed by atoms with Crippen molar-refractivity contribution in [3.05, 3.63) is 59.3 Å². The van der Waals surface area contributed by atoms with Gasteiger partial charge in [0, 0.05) is 18.5 Å². The molecule has 9 nitrogen and oxygen atoms in total. The summed E-state index contributed by atoms with van der Waals surface area (Å²) in [5, 5.41) is 17.7. The molecular weight excluding hydrogens is 274 g/mol. The number of aromatic nitrogens is 5. The molecule has 0 aliphatic rings. The highest BCUT2D eigenvalue weighted by molar-refractivity contribution is 5.55. The molecule has 0 saturated carbocycles. The zero-order valence-electron chi connectivity index (χ0n) is 10.6. The van der Waals surface area contributed by atoms with Crippen LogP contribution in [0.5, 0.6) is 0 Å². The van der Waals surface area contributed by atoms with E-state index in [0.717, 1.165) is 0 Å². The number of anilines is 2. The lowest BCUT2D eigenvalue weighted by molar-refractivity contribution is -0.385. The topological polar surface area (TPSA) is 112 Å². The Morgan fingerprint density at radius 1 is 1.14 bits per heavy atom. The summed E-state index contributed by atoms with van der Waals surface area (Å²) < 4.78 is 1.51. The lowest BCUT2D eigenvalue weighted by atomic mass is 10.4. The summed E-state index contributed by atoms with van der Waals surface area (Å²) in [6.45, 7) is 0. The van der Waals surface area contributed by atoms with E-state index in [-0.39, 0.29) is 5.69 Å². The summed E-state index contributed by atoms with van der Waals surface area (Å²) in [5.41, 5.74) is 0.609. The van der Waals surface area contributed by atoms with Gasteiger partial charge in [-0.15, -0.1) is 0 Å². The number of hydrogen-bond acceptors (Lipinski definition) is 7. The van der Waals surface area contributed by atoms with E-state index in [0.29, 0.717) is 17.5 Å². The van der Waals surface area contributed by atoms with Gasteiger partial charge in [-0.05, 0) is 12.1 Å². The number of nitro groups is 1. The Morgan fingerprint density at radius 3 is 2.62 bits per heavy atom. The summed E-state index contributed by atoms with van der Waals surface area (Å²) in [7, 11) is 0. The summed E-state index contributed by atoms with van der Waals surface area (Å²) in [4.78, 5) is 22.1. The molecule has 0 atom stereocenters. The van der Waals surface area contributed by atoms with Gasteiger partial charge in [-0.25, -0.2) is 19.6 Å². The van der Waals surface area contributed by atoms with Gasteiger partial charge >= 0.3 is 0 Å². The molecule has 0 bridgehead atoms. The Bertz CT molecular complexity index is 755. The fourth-order valence-corrected chi connectivity index (χ4v) is 1.62. The largest absolute Gasteiger partial charge is 0.338 e. The molecule has 3 rings (SSSR count). The van der Waals surface area contributed by atoms with E-state index in [1.54, 1.807) is 30.9 Å². The third-order valence-electron chi connectivity index (χ3n) is 2.57. The van der Waals surface area contributed by atoms with E-state index in [1.165, 1.54) is 23.0 Å². The molecule has 3 aromatic heterocycles. The van der Waals surface area contributed by atoms with Crippen molar-refractivity contribution in [1.82, 2.24) is 24.7 Å². The minimum atomic E-state index is -0.498. The lowest BCUT2D eigenvalue weighted by Gasteiger charge is -2.01. The average Bonchev–Trinajstić information content (AvgIpc) is 2.97. The highest BCUT2D eigenvalue weighted by Gasteiger charge is 2.07. The number of rotatable bonds is 4. The van der Waals surface area contributed by atoms with Gasteiger partial charge in [0.05, 0.1) is 23.0 Å². The molecule has 1 N–H and O–H groups in total. The molecular formula is C12H9N7O2. The van der Waals surface area contributed by atoms with Gasteiger partial charge in [0.15, 0.2) is 0 Å².